The van der Waals surface area contributed by atoms with Crippen LogP contribution >= 0.6 is 0 Å². The molecule has 1 aromatic carbocycles. The lowest BCUT2D eigenvalue weighted by Gasteiger charge is -2.16. The van der Waals surface area contributed by atoms with E-state index in [-0.39, 0.29) is 35.9 Å². The van der Waals surface area contributed by atoms with Gasteiger partial charge in [0.15, 0.2) is 0 Å². The molecule has 0 saturated heterocycles. The Morgan fingerprint density at radius 1 is 1.26 bits per heavy atom. The van der Waals surface area contributed by atoms with E-state index in [9.17, 15) is 14.9 Å². The highest BCUT2D eigenvalue weighted by atomic mass is 16.2. The molecule has 2 unspecified atom stereocenters. The smallest absolute Gasteiger partial charge is 0.269 e. The predicted molar refractivity (Wildman–Crippen MR) is 101 cm³/mol. The molecular formula is C21H22N4O2. The number of nitrogens with one attached hydrogen (secondary N) is 2. The van der Waals surface area contributed by atoms with Gasteiger partial charge in [0.2, 0.25) is 0 Å². The fourth-order valence-electron chi connectivity index (χ4n) is 3.05. The number of hydrogen-bond acceptors (Lipinski definition) is 4. The van der Waals surface area contributed by atoms with Crippen molar-refractivity contribution in [2.24, 2.45) is 5.92 Å². The highest BCUT2D eigenvalue weighted by Gasteiger charge is 2.34. The molecule has 6 heteroatoms. The summed E-state index contributed by atoms with van der Waals surface area (Å²) in [6, 6.07) is 15.1. The summed E-state index contributed by atoms with van der Waals surface area (Å²) in [4.78, 5) is 29.3. The predicted octanol–water partition coefficient (Wildman–Crippen LogP) is 2.62. The van der Waals surface area contributed by atoms with Crippen LogP contribution in [0.1, 0.15) is 57.8 Å². The maximum atomic E-state index is 12.6. The maximum absolute atomic E-state index is 12.6. The first-order valence-electron chi connectivity index (χ1n) is 9.00. The Balaban J connectivity index is 2.01. The number of pyridine rings is 1. The van der Waals surface area contributed by atoms with Gasteiger partial charge < -0.3 is 10.6 Å². The van der Waals surface area contributed by atoms with E-state index >= 15 is 0 Å². The molecule has 0 spiro atoms. The van der Waals surface area contributed by atoms with Crippen molar-refractivity contribution >= 4 is 11.8 Å². The van der Waals surface area contributed by atoms with Gasteiger partial charge in [-0.15, -0.1) is 0 Å². The van der Waals surface area contributed by atoms with Crippen LogP contribution in [0.3, 0.4) is 0 Å². The molecule has 1 heterocycles. The number of amides is 2. The maximum Gasteiger partial charge on any atom is 0.269 e. The molecule has 2 N–H and O–H groups in total. The Kier molecular flexibility index (Phi) is 5.51. The Bertz CT molecular complexity index is 889. The van der Waals surface area contributed by atoms with Gasteiger partial charge in [-0.1, -0.05) is 37.3 Å². The van der Waals surface area contributed by atoms with E-state index in [1.807, 2.05) is 30.3 Å². The number of benzene rings is 1. The molecule has 1 aliphatic carbocycles. The highest BCUT2D eigenvalue weighted by molar-refractivity contribution is 5.98. The molecule has 1 aromatic heterocycles. The molecule has 138 valence electrons. The summed E-state index contributed by atoms with van der Waals surface area (Å²) in [5.74, 6) is -0.423. The molecule has 0 aliphatic heterocycles. The zero-order valence-corrected chi connectivity index (χ0v) is 15.4. The van der Waals surface area contributed by atoms with E-state index in [1.54, 1.807) is 6.07 Å². The zero-order chi connectivity index (χ0) is 19.4. The lowest BCUT2D eigenvalue weighted by Crippen LogP contribution is -2.28. The summed E-state index contributed by atoms with van der Waals surface area (Å²) in [6.07, 6.45) is 1.17. The number of carbonyl (C=O) groups is 2. The molecule has 3 rings (SSSR count). The third-order valence-electron chi connectivity index (χ3n) is 4.85. The normalized spacial score (nSPS) is 18.9. The van der Waals surface area contributed by atoms with Gasteiger partial charge in [-0.2, -0.15) is 5.26 Å². The van der Waals surface area contributed by atoms with Gasteiger partial charge >= 0.3 is 0 Å². The standard InChI is InChI=1S/C21H22N4O2/c1-13-10-17(13)25-20(26)15-11-18(24-19(12-15)21(27)23-2)16(8-9-22)14-6-4-3-5-7-14/h3-7,11-13,16-17H,8,10H2,1-2H3,(H,23,27)(H,25,26)/t13-,16?,17?/m0/s1. The minimum absolute atomic E-state index is 0.169. The van der Waals surface area contributed by atoms with Gasteiger partial charge in [0, 0.05) is 31.0 Å². The monoisotopic (exact) mass is 362 g/mol. The molecule has 1 fully saturated rings. The first kappa shape index (κ1) is 18.6. The van der Waals surface area contributed by atoms with Gasteiger partial charge in [-0.25, -0.2) is 4.98 Å². The Morgan fingerprint density at radius 3 is 2.56 bits per heavy atom. The van der Waals surface area contributed by atoms with Gasteiger partial charge in [-0.3, -0.25) is 9.59 Å². The number of carbonyl (C=O) groups excluding carboxylic acids is 2. The lowest BCUT2D eigenvalue weighted by molar-refractivity contribution is 0.0949. The van der Waals surface area contributed by atoms with Crippen LogP contribution in [0.4, 0.5) is 0 Å². The van der Waals surface area contributed by atoms with E-state index in [0.29, 0.717) is 17.2 Å². The summed E-state index contributed by atoms with van der Waals surface area (Å²) in [5, 5.41) is 14.8. The van der Waals surface area contributed by atoms with Crippen LogP contribution < -0.4 is 10.6 Å². The van der Waals surface area contributed by atoms with E-state index in [1.165, 1.54) is 13.1 Å². The molecule has 3 atom stereocenters. The van der Waals surface area contributed by atoms with Crippen molar-refractivity contribution in [1.82, 2.24) is 15.6 Å². The molecular weight excluding hydrogens is 340 g/mol. The SMILES string of the molecule is CNC(=O)c1cc(C(=O)NC2C[C@@H]2C)cc(C(CC#N)c2ccccc2)n1. The second-order valence-corrected chi connectivity index (χ2v) is 6.86. The topological polar surface area (TPSA) is 94.9 Å². The average molecular weight is 362 g/mol. The summed E-state index contributed by atoms with van der Waals surface area (Å²) < 4.78 is 0. The van der Waals surface area contributed by atoms with E-state index in [4.69, 9.17) is 0 Å². The fourth-order valence-corrected chi connectivity index (χ4v) is 3.05. The Morgan fingerprint density at radius 2 is 1.96 bits per heavy atom. The van der Waals surface area contributed by atoms with E-state index in [2.05, 4.69) is 28.6 Å². The van der Waals surface area contributed by atoms with Crippen molar-refractivity contribution in [3.8, 4) is 6.07 Å². The third-order valence-corrected chi connectivity index (χ3v) is 4.85. The second kappa shape index (κ2) is 8.00. The van der Waals surface area contributed by atoms with Crippen molar-refractivity contribution in [2.75, 3.05) is 7.05 Å². The quantitative estimate of drug-likeness (QED) is 0.826. The number of rotatable bonds is 6. The number of nitrogens with zero attached hydrogens (tertiary/aromatic N) is 2. The van der Waals surface area contributed by atoms with Gasteiger partial charge in [0.1, 0.15) is 5.69 Å². The first-order valence-corrected chi connectivity index (χ1v) is 9.00. The summed E-state index contributed by atoms with van der Waals surface area (Å²) in [5.41, 5.74) is 2.01. The van der Waals surface area contributed by atoms with Crippen LogP contribution in [0, 0.1) is 17.2 Å². The number of hydrogen-bond donors (Lipinski definition) is 2. The number of aromatic nitrogens is 1. The third kappa shape index (κ3) is 4.32. The molecule has 1 saturated carbocycles. The largest absolute Gasteiger partial charge is 0.354 e. The van der Waals surface area contributed by atoms with Crippen LogP contribution in [0.25, 0.3) is 0 Å². The molecule has 1 aliphatic rings. The van der Waals surface area contributed by atoms with Gasteiger partial charge in [0.25, 0.3) is 11.8 Å². The van der Waals surface area contributed by atoms with Crippen molar-refractivity contribution in [3.05, 3.63) is 65.0 Å². The Labute approximate surface area is 158 Å². The van der Waals surface area contributed by atoms with Gasteiger partial charge in [-0.05, 0) is 30.0 Å². The van der Waals surface area contributed by atoms with Crippen LogP contribution in [0.2, 0.25) is 0 Å². The minimum Gasteiger partial charge on any atom is -0.354 e. The molecule has 2 aromatic rings. The first-order chi connectivity index (χ1) is 13.0. The van der Waals surface area contributed by atoms with Crippen molar-refractivity contribution in [3.63, 3.8) is 0 Å². The Hall–Kier alpha value is -3.20. The summed E-state index contributed by atoms with van der Waals surface area (Å²) in [6.45, 7) is 2.08. The van der Waals surface area contributed by atoms with Crippen molar-refractivity contribution < 1.29 is 9.59 Å². The van der Waals surface area contributed by atoms with Crippen molar-refractivity contribution in [2.45, 2.75) is 31.7 Å². The van der Waals surface area contributed by atoms with E-state index < -0.39 is 0 Å². The van der Waals surface area contributed by atoms with Crippen LogP contribution in [0.15, 0.2) is 42.5 Å². The van der Waals surface area contributed by atoms with E-state index in [0.717, 1.165) is 12.0 Å². The zero-order valence-electron chi connectivity index (χ0n) is 15.4. The summed E-state index contributed by atoms with van der Waals surface area (Å²) >= 11 is 0. The molecule has 0 radical (unpaired) electrons. The van der Waals surface area contributed by atoms with Crippen LogP contribution in [-0.2, 0) is 0 Å². The second-order valence-electron chi connectivity index (χ2n) is 6.86. The van der Waals surface area contributed by atoms with Crippen LogP contribution in [-0.4, -0.2) is 29.9 Å². The highest BCUT2D eigenvalue weighted by Crippen LogP contribution is 2.30. The average Bonchev–Trinajstić information content (AvgIpc) is 3.39. The molecule has 27 heavy (non-hydrogen) atoms. The number of nitriles is 1. The minimum atomic E-state index is -0.366. The fraction of sp³-hybridized carbons (Fsp3) is 0.333. The lowest BCUT2D eigenvalue weighted by atomic mass is 9.91. The van der Waals surface area contributed by atoms with Crippen molar-refractivity contribution in [1.29, 1.82) is 5.26 Å². The van der Waals surface area contributed by atoms with Gasteiger partial charge in [0.05, 0.1) is 11.8 Å². The molecule has 0 bridgehead atoms. The molecule has 2 amide bonds. The summed E-state index contributed by atoms with van der Waals surface area (Å²) in [7, 11) is 1.52. The van der Waals surface area contributed by atoms with Crippen LogP contribution in [0.5, 0.6) is 0 Å². The molecule has 6 nitrogen and oxygen atoms in total.